The average Bonchev–Trinajstić information content (AvgIpc) is 2.87. The second-order valence-electron chi connectivity index (χ2n) is 7.10. The van der Waals surface area contributed by atoms with Crippen molar-refractivity contribution in [2.24, 2.45) is 5.73 Å². The molecule has 0 radical (unpaired) electrons. The van der Waals surface area contributed by atoms with Crippen molar-refractivity contribution in [1.29, 1.82) is 5.26 Å². The Balaban J connectivity index is 2.13. The van der Waals surface area contributed by atoms with Crippen LogP contribution in [0.25, 0.3) is 0 Å². The SMILES string of the molecule is COC[C@]1(C)C(=O)N(c2ccc(C#N)c(C)c2)C(=S)N1c1ccc(C(N)=O)c(F)c1. The van der Waals surface area contributed by atoms with Crippen LogP contribution < -0.4 is 15.5 Å². The predicted octanol–water partition coefficient (Wildman–Crippen LogP) is 2.65. The summed E-state index contributed by atoms with van der Waals surface area (Å²) in [6.45, 7) is 3.38. The first kappa shape index (κ1) is 21.4. The van der Waals surface area contributed by atoms with Gasteiger partial charge < -0.3 is 15.4 Å². The molecule has 1 fully saturated rings. The minimum atomic E-state index is -1.26. The van der Waals surface area contributed by atoms with Crippen LogP contribution >= 0.6 is 12.2 Å². The molecule has 7 nitrogen and oxygen atoms in total. The Kier molecular flexibility index (Phi) is 5.57. The zero-order chi connectivity index (χ0) is 22.2. The van der Waals surface area contributed by atoms with E-state index in [0.29, 0.717) is 16.8 Å². The lowest BCUT2D eigenvalue weighted by atomic mass is 10.00. The highest BCUT2D eigenvalue weighted by atomic mass is 32.1. The molecular formula is C21H19FN4O3S. The molecule has 2 aromatic rings. The summed E-state index contributed by atoms with van der Waals surface area (Å²) < 4.78 is 19.7. The summed E-state index contributed by atoms with van der Waals surface area (Å²) in [6.07, 6.45) is 0. The van der Waals surface area contributed by atoms with E-state index in [2.05, 4.69) is 6.07 Å². The van der Waals surface area contributed by atoms with Gasteiger partial charge in [-0.25, -0.2) is 4.39 Å². The number of hydrogen-bond donors (Lipinski definition) is 1. The number of hydrogen-bond acceptors (Lipinski definition) is 5. The highest BCUT2D eigenvalue weighted by Gasteiger charge is 2.53. The normalized spacial score (nSPS) is 18.6. The Hall–Kier alpha value is -3.35. The fourth-order valence-electron chi connectivity index (χ4n) is 3.52. The van der Waals surface area contributed by atoms with E-state index in [9.17, 15) is 14.0 Å². The highest BCUT2D eigenvalue weighted by molar-refractivity contribution is 7.81. The number of amides is 2. The molecule has 2 amide bonds. The van der Waals surface area contributed by atoms with Crippen molar-refractivity contribution in [3.63, 3.8) is 0 Å². The van der Waals surface area contributed by atoms with Crippen LogP contribution in [0.5, 0.6) is 0 Å². The molecule has 0 aliphatic carbocycles. The number of benzene rings is 2. The van der Waals surface area contributed by atoms with Gasteiger partial charge in [0.2, 0.25) is 0 Å². The largest absolute Gasteiger partial charge is 0.382 e. The predicted molar refractivity (Wildman–Crippen MR) is 114 cm³/mol. The van der Waals surface area contributed by atoms with Gasteiger partial charge in [0.15, 0.2) is 5.11 Å². The molecule has 30 heavy (non-hydrogen) atoms. The lowest BCUT2D eigenvalue weighted by molar-refractivity contribution is -0.122. The first-order valence-corrected chi connectivity index (χ1v) is 9.34. The third-order valence-corrected chi connectivity index (χ3v) is 5.40. The van der Waals surface area contributed by atoms with Gasteiger partial charge >= 0.3 is 0 Å². The smallest absolute Gasteiger partial charge is 0.261 e. The van der Waals surface area contributed by atoms with Gasteiger partial charge in [-0.15, -0.1) is 0 Å². The van der Waals surface area contributed by atoms with Crippen molar-refractivity contribution in [3.8, 4) is 6.07 Å². The number of nitrogens with two attached hydrogens (primary N) is 1. The summed E-state index contributed by atoms with van der Waals surface area (Å²) in [7, 11) is 1.45. The molecule has 1 heterocycles. The number of anilines is 2. The number of halogens is 1. The van der Waals surface area contributed by atoms with E-state index in [1.807, 2.05) is 0 Å². The van der Waals surface area contributed by atoms with Gasteiger partial charge in [0.25, 0.3) is 11.8 Å². The monoisotopic (exact) mass is 426 g/mol. The summed E-state index contributed by atoms with van der Waals surface area (Å²) >= 11 is 5.59. The molecular weight excluding hydrogens is 407 g/mol. The van der Waals surface area contributed by atoms with Crippen molar-refractivity contribution in [2.45, 2.75) is 19.4 Å². The topological polar surface area (TPSA) is 99.7 Å². The highest BCUT2D eigenvalue weighted by Crippen LogP contribution is 2.37. The summed E-state index contributed by atoms with van der Waals surface area (Å²) in [5.41, 5.74) is 5.60. The zero-order valence-electron chi connectivity index (χ0n) is 16.6. The van der Waals surface area contributed by atoms with Crippen LogP contribution in [0.1, 0.15) is 28.4 Å². The number of nitrogens with zero attached hydrogens (tertiary/aromatic N) is 3. The Morgan fingerprint density at radius 1 is 1.30 bits per heavy atom. The van der Waals surface area contributed by atoms with Crippen molar-refractivity contribution in [2.75, 3.05) is 23.5 Å². The first-order valence-electron chi connectivity index (χ1n) is 8.93. The van der Waals surface area contributed by atoms with Crippen LogP contribution in [0.2, 0.25) is 0 Å². The van der Waals surface area contributed by atoms with Crippen LogP contribution in [0.3, 0.4) is 0 Å². The quantitative estimate of drug-likeness (QED) is 0.738. The number of primary amides is 1. The minimum absolute atomic E-state index is 0.0169. The molecule has 0 spiro atoms. The molecule has 0 bridgehead atoms. The summed E-state index contributed by atoms with van der Waals surface area (Å²) in [5, 5.41) is 9.28. The number of aryl methyl sites for hydroxylation is 1. The number of carbonyl (C=O) groups excluding carboxylic acids is 2. The third-order valence-electron chi connectivity index (χ3n) is 5.03. The molecule has 0 aromatic heterocycles. The molecule has 1 aliphatic heterocycles. The van der Waals surface area contributed by atoms with Gasteiger partial charge in [-0.2, -0.15) is 5.26 Å². The van der Waals surface area contributed by atoms with E-state index in [-0.39, 0.29) is 28.9 Å². The molecule has 3 rings (SSSR count). The van der Waals surface area contributed by atoms with Crippen molar-refractivity contribution in [3.05, 3.63) is 58.9 Å². The zero-order valence-corrected chi connectivity index (χ0v) is 17.4. The maximum absolute atomic E-state index is 14.4. The van der Waals surface area contributed by atoms with Crippen LogP contribution in [-0.2, 0) is 9.53 Å². The van der Waals surface area contributed by atoms with Crippen LogP contribution in [0, 0.1) is 24.1 Å². The first-order chi connectivity index (χ1) is 14.2. The summed E-state index contributed by atoms with van der Waals surface area (Å²) in [6, 6.07) is 10.8. The fourth-order valence-corrected chi connectivity index (χ4v) is 4.02. The number of carbonyl (C=O) groups is 2. The minimum Gasteiger partial charge on any atom is -0.382 e. The van der Waals surface area contributed by atoms with Crippen molar-refractivity contribution in [1.82, 2.24) is 0 Å². The second-order valence-corrected chi connectivity index (χ2v) is 7.47. The molecule has 1 aliphatic rings. The Morgan fingerprint density at radius 2 is 1.97 bits per heavy atom. The maximum Gasteiger partial charge on any atom is 0.261 e. The standard InChI is InChI=1S/C21H19FN4O3S/c1-12-8-14(5-4-13(12)10-23)25-19(28)21(2,11-29-3)26(20(25)30)15-6-7-16(18(24)27)17(22)9-15/h4-9H,11H2,1-3H3,(H2,24,27)/t21-/m1/s1. The summed E-state index contributed by atoms with van der Waals surface area (Å²) in [4.78, 5) is 27.6. The molecule has 9 heteroatoms. The molecule has 154 valence electrons. The van der Waals surface area contributed by atoms with Crippen LogP contribution in [0.4, 0.5) is 15.8 Å². The molecule has 1 saturated heterocycles. The van der Waals surface area contributed by atoms with Crippen molar-refractivity contribution >= 4 is 40.5 Å². The maximum atomic E-state index is 14.4. The molecule has 0 unspecified atom stereocenters. The molecule has 1 atom stereocenters. The fraction of sp³-hybridized carbons (Fsp3) is 0.238. The molecule has 0 saturated carbocycles. The molecule has 2 N–H and O–H groups in total. The Morgan fingerprint density at radius 3 is 2.50 bits per heavy atom. The lowest BCUT2D eigenvalue weighted by Crippen LogP contribution is -2.51. The average molecular weight is 426 g/mol. The van der Waals surface area contributed by atoms with E-state index in [4.69, 9.17) is 28.0 Å². The van der Waals surface area contributed by atoms with E-state index in [1.165, 1.54) is 29.0 Å². The van der Waals surface area contributed by atoms with Gasteiger partial charge in [-0.3, -0.25) is 14.5 Å². The summed E-state index contributed by atoms with van der Waals surface area (Å²) in [5.74, 6) is -2.08. The number of ether oxygens (including phenoxy) is 1. The van der Waals surface area contributed by atoms with Gasteiger partial charge in [-0.05, 0) is 68.0 Å². The Bertz CT molecular complexity index is 1110. The van der Waals surface area contributed by atoms with E-state index in [0.717, 1.165) is 6.07 Å². The lowest BCUT2D eigenvalue weighted by Gasteiger charge is -2.32. The van der Waals surface area contributed by atoms with Crippen LogP contribution in [-0.4, -0.2) is 36.2 Å². The third kappa shape index (κ3) is 3.30. The van der Waals surface area contributed by atoms with Gasteiger partial charge in [0.1, 0.15) is 11.4 Å². The van der Waals surface area contributed by atoms with Gasteiger partial charge in [0, 0.05) is 12.8 Å². The molecule has 2 aromatic carbocycles. The van der Waals surface area contributed by atoms with E-state index in [1.54, 1.807) is 32.0 Å². The van der Waals surface area contributed by atoms with E-state index >= 15 is 0 Å². The van der Waals surface area contributed by atoms with Gasteiger partial charge in [0.05, 0.1) is 29.5 Å². The number of methoxy groups -OCH3 is 1. The van der Waals surface area contributed by atoms with Crippen molar-refractivity contribution < 1.29 is 18.7 Å². The van der Waals surface area contributed by atoms with E-state index < -0.39 is 17.3 Å². The second kappa shape index (κ2) is 7.82. The Labute approximate surface area is 178 Å². The number of thiocarbonyl (C=S) groups is 1. The number of rotatable bonds is 5. The number of nitriles is 1. The van der Waals surface area contributed by atoms with Gasteiger partial charge in [-0.1, -0.05) is 0 Å². The van der Waals surface area contributed by atoms with Crippen LogP contribution in [0.15, 0.2) is 36.4 Å².